The molecule has 1 N–H and O–H groups in total. The molecule has 5 nitrogen and oxygen atoms in total. The van der Waals surface area contributed by atoms with E-state index in [0.717, 1.165) is 0 Å². The fraction of sp³-hybridized carbons (Fsp3) is 0.667. The molecule has 0 saturated carbocycles. The van der Waals surface area contributed by atoms with Gasteiger partial charge in [-0.25, -0.2) is 9.59 Å². The summed E-state index contributed by atoms with van der Waals surface area (Å²) in [4.78, 5) is 20.8. The summed E-state index contributed by atoms with van der Waals surface area (Å²) in [6, 6.07) is 0. The fourth-order valence-corrected chi connectivity index (χ4v) is 0.812. The highest BCUT2D eigenvalue weighted by atomic mass is 16.9. The van der Waals surface area contributed by atoms with Crippen molar-refractivity contribution < 1.29 is 24.2 Å². The van der Waals surface area contributed by atoms with Crippen LogP contribution in [0, 0.1) is 0 Å². The van der Waals surface area contributed by atoms with Gasteiger partial charge in [-0.2, -0.15) is 0 Å². The maximum Gasteiger partial charge on any atom is 0.422 e. The number of carbonyl (C=O) groups excluding carboxylic acids is 2. The summed E-state index contributed by atoms with van der Waals surface area (Å²) in [7, 11) is 0. The third kappa shape index (κ3) is 1.48. The van der Waals surface area contributed by atoms with Gasteiger partial charge in [0.05, 0.1) is 6.42 Å². The second-order valence-corrected chi connectivity index (χ2v) is 2.24. The molecule has 0 atom stereocenters. The Morgan fingerprint density at radius 1 is 1.36 bits per heavy atom. The van der Waals surface area contributed by atoms with Crippen LogP contribution in [0.2, 0.25) is 0 Å². The summed E-state index contributed by atoms with van der Waals surface area (Å²) >= 11 is 0. The first-order chi connectivity index (χ1) is 5.07. The Balaban J connectivity index is 2.63. The Hall–Kier alpha value is -1.10. The number of cyclic esters (lactones) is 2. The van der Waals surface area contributed by atoms with Crippen LogP contribution in [0.1, 0.15) is 19.8 Å². The van der Waals surface area contributed by atoms with Crippen molar-refractivity contribution in [3.8, 4) is 0 Å². The molecule has 0 aliphatic carbocycles. The van der Waals surface area contributed by atoms with Crippen molar-refractivity contribution in [2.75, 3.05) is 0 Å². The number of ether oxygens (including phenoxy) is 2. The van der Waals surface area contributed by atoms with Crippen molar-refractivity contribution in [3.63, 3.8) is 0 Å². The predicted octanol–water partition coefficient (Wildman–Crippen LogP) is -0.467. The average molecular weight is 160 g/mol. The van der Waals surface area contributed by atoms with Gasteiger partial charge in [-0.05, 0) is 6.42 Å². The van der Waals surface area contributed by atoms with Crippen LogP contribution >= 0.6 is 0 Å². The SMILES string of the molecule is CCCC1(O)OC(=O)C(=O)O1. The molecule has 0 unspecified atom stereocenters. The topological polar surface area (TPSA) is 72.8 Å². The summed E-state index contributed by atoms with van der Waals surface area (Å²) in [6.07, 6.45) is 0.654. The van der Waals surface area contributed by atoms with E-state index in [-0.39, 0.29) is 6.42 Å². The monoisotopic (exact) mass is 160 g/mol. The van der Waals surface area contributed by atoms with Crippen LogP contribution in [-0.2, 0) is 19.1 Å². The quantitative estimate of drug-likeness (QED) is 0.436. The molecular weight excluding hydrogens is 152 g/mol. The molecule has 0 spiro atoms. The van der Waals surface area contributed by atoms with E-state index >= 15 is 0 Å². The van der Waals surface area contributed by atoms with Gasteiger partial charge in [-0.3, -0.25) is 0 Å². The van der Waals surface area contributed by atoms with Crippen LogP contribution in [0.15, 0.2) is 0 Å². The van der Waals surface area contributed by atoms with Crippen molar-refractivity contribution in [3.05, 3.63) is 0 Å². The van der Waals surface area contributed by atoms with Crippen LogP contribution in [0.25, 0.3) is 0 Å². The van der Waals surface area contributed by atoms with Gasteiger partial charge < -0.3 is 14.6 Å². The molecule has 0 radical (unpaired) electrons. The van der Waals surface area contributed by atoms with Crippen molar-refractivity contribution >= 4 is 11.9 Å². The van der Waals surface area contributed by atoms with E-state index < -0.39 is 17.9 Å². The molecule has 1 fully saturated rings. The maximum atomic E-state index is 10.4. The lowest BCUT2D eigenvalue weighted by molar-refractivity contribution is -0.294. The minimum absolute atomic E-state index is 0.102. The van der Waals surface area contributed by atoms with Crippen molar-refractivity contribution in [2.24, 2.45) is 0 Å². The predicted molar refractivity (Wildman–Crippen MR) is 32.0 cm³/mol. The van der Waals surface area contributed by atoms with E-state index in [1.807, 2.05) is 0 Å². The molecule has 0 amide bonds. The highest BCUT2D eigenvalue weighted by molar-refractivity contribution is 6.31. The Labute approximate surface area is 62.9 Å². The lowest BCUT2D eigenvalue weighted by Crippen LogP contribution is -2.29. The summed E-state index contributed by atoms with van der Waals surface area (Å²) in [5.74, 6) is -4.29. The van der Waals surface area contributed by atoms with Gasteiger partial charge in [-0.15, -0.1) is 0 Å². The third-order valence-corrected chi connectivity index (χ3v) is 1.24. The van der Waals surface area contributed by atoms with Crippen LogP contribution in [0.3, 0.4) is 0 Å². The Morgan fingerprint density at radius 3 is 2.18 bits per heavy atom. The second-order valence-electron chi connectivity index (χ2n) is 2.24. The molecule has 1 aliphatic heterocycles. The molecule has 0 aromatic carbocycles. The molecule has 11 heavy (non-hydrogen) atoms. The fourth-order valence-electron chi connectivity index (χ4n) is 0.812. The van der Waals surface area contributed by atoms with Crippen molar-refractivity contribution in [1.29, 1.82) is 0 Å². The van der Waals surface area contributed by atoms with Crippen molar-refractivity contribution in [2.45, 2.75) is 25.7 Å². The molecule has 5 heteroatoms. The number of hydrogen-bond acceptors (Lipinski definition) is 5. The normalized spacial score (nSPS) is 21.3. The van der Waals surface area contributed by atoms with Gasteiger partial charge in [-0.1, -0.05) is 6.92 Å². The van der Waals surface area contributed by atoms with E-state index in [0.29, 0.717) is 6.42 Å². The number of esters is 2. The summed E-state index contributed by atoms with van der Waals surface area (Å²) in [5, 5.41) is 9.15. The van der Waals surface area contributed by atoms with Crippen LogP contribution in [-0.4, -0.2) is 23.0 Å². The molecule has 0 bridgehead atoms. The van der Waals surface area contributed by atoms with E-state index in [9.17, 15) is 9.59 Å². The number of carbonyl (C=O) groups is 2. The van der Waals surface area contributed by atoms with Gasteiger partial charge >= 0.3 is 17.9 Å². The summed E-state index contributed by atoms with van der Waals surface area (Å²) in [5.41, 5.74) is 0. The second kappa shape index (κ2) is 2.50. The molecule has 62 valence electrons. The lowest BCUT2D eigenvalue weighted by atomic mass is 10.3. The van der Waals surface area contributed by atoms with Gasteiger partial charge in [0.15, 0.2) is 0 Å². The molecule has 0 aromatic rings. The van der Waals surface area contributed by atoms with Crippen LogP contribution in [0.5, 0.6) is 0 Å². The number of hydrogen-bond donors (Lipinski definition) is 1. The zero-order valence-electron chi connectivity index (χ0n) is 5.99. The molecule has 1 saturated heterocycles. The standard InChI is InChI=1S/C6H8O5/c1-2-3-6(9)10-4(7)5(8)11-6/h9H,2-3H2,1H3. The average Bonchev–Trinajstić information content (AvgIpc) is 2.08. The molecule has 0 aromatic heterocycles. The van der Waals surface area contributed by atoms with Gasteiger partial charge in [0.1, 0.15) is 0 Å². The first-order valence-electron chi connectivity index (χ1n) is 3.26. The first kappa shape index (κ1) is 8.00. The minimum Gasteiger partial charge on any atom is -0.389 e. The van der Waals surface area contributed by atoms with Crippen molar-refractivity contribution in [1.82, 2.24) is 0 Å². The summed E-state index contributed by atoms with van der Waals surface area (Å²) in [6.45, 7) is 1.76. The van der Waals surface area contributed by atoms with E-state index in [4.69, 9.17) is 5.11 Å². The molecular formula is C6H8O5. The highest BCUT2D eigenvalue weighted by Crippen LogP contribution is 2.22. The Kier molecular flexibility index (Phi) is 1.82. The smallest absolute Gasteiger partial charge is 0.389 e. The number of rotatable bonds is 2. The van der Waals surface area contributed by atoms with E-state index in [2.05, 4.69) is 9.47 Å². The Bertz CT molecular complexity index is 181. The van der Waals surface area contributed by atoms with Crippen LogP contribution < -0.4 is 0 Å². The number of aliphatic hydroxyl groups is 1. The van der Waals surface area contributed by atoms with E-state index in [1.165, 1.54) is 0 Å². The largest absolute Gasteiger partial charge is 0.422 e. The van der Waals surface area contributed by atoms with E-state index in [1.54, 1.807) is 6.92 Å². The third-order valence-electron chi connectivity index (χ3n) is 1.24. The first-order valence-corrected chi connectivity index (χ1v) is 3.26. The molecule has 1 aliphatic rings. The maximum absolute atomic E-state index is 10.4. The highest BCUT2D eigenvalue weighted by Gasteiger charge is 2.46. The Morgan fingerprint density at radius 2 is 1.82 bits per heavy atom. The van der Waals surface area contributed by atoms with Gasteiger partial charge in [0, 0.05) is 0 Å². The molecule has 1 heterocycles. The van der Waals surface area contributed by atoms with Crippen LogP contribution in [0.4, 0.5) is 0 Å². The minimum atomic E-state index is -2.01. The van der Waals surface area contributed by atoms with Gasteiger partial charge in [0.2, 0.25) is 0 Å². The summed E-state index contributed by atoms with van der Waals surface area (Å²) < 4.78 is 8.49. The lowest BCUT2D eigenvalue weighted by Gasteiger charge is -2.16. The van der Waals surface area contributed by atoms with Gasteiger partial charge in [0.25, 0.3) is 0 Å². The zero-order chi connectivity index (χ0) is 8.48. The zero-order valence-corrected chi connectivity index (χ0v) is 5.99. The molecule has 1 rings (SSSR count).